The Hall–Kier alpha value is -0.380. The van der Waals surface area contributed by atoms with Crippen LogP contribution in [-0.2, 0) is 13.0 Å². The molecule has 2 rings (SSSR count). The summed E-state index contributed by atoms with van der Waals surface area (Å²) in [4.78, 5) is 5.31. The monoisotopic (exact) mass is 225 g/mol. The maximum atomic E-state index is 9.23. The Bertz CT molecular complexity index is 310. The lowest BCUT2D eigenvalue weighted by atomic mass is 10.2. The molecule has 3 heteroatoms. The molecule has 0 unspecified atom stereocenters. The fourth-order valence-corrected chi connectivity index (χ4v) is 3.19. The van der Waals surface area contributed by atoms with Crippen molar-refractivity contribution in [3.63, 3.8) is 0 Å². The topological polar surface area (TPSA) is 23.5 Å². The summed E-state index contributed by atoms with van der Waals surface area (Å²) in [5.41, 5.74) is 0. The van der Waals surface area contributed by atoms with Crippen molar-refractivity contribution in [2.24, 2.45) is 0 Å². The number of thiophene rings is 1. The highest BCUT2D eigenvalue weighted by atomic mass is 32.1. The van der Waals surface area contributed by atoms with Gasteiger partial charge in [-0.15, -0.1) is 11.3 Å². The quantitative estimate of drug-likeness (QED) is 0.849. The number of rotatable bonds is 4. The third-order valence-corrected chi connectivity index (χ3v) is 4.35. The minimum absolute atomic E-state index is 0.312. The Kier molecular flexibility index (Phi) is 3.78. The summed E-state index contributed by atoms with van der Waals surface area (Å²) in [7, 11) is 0. The minimum Gasteiger partial charge on any atom is -0.395 e. The van der Waals surface area contributed by atoms with Crippen molar-refractivity contribution in [2.75, 3.05) is 13.2 Å². The third kappa shape index (κ3) is 2.60. The molecular weight excluding hydrogens is 206 g/mol. The standard InChI is InChI=1S/C12H19NOS/c1-2-11-5-6-12(15-11)8-13-7-3-4-10(13)9-14/h5-6,10,14H,2-4,7-9H2,1H3/t10-/m0/s1. The first-order chi connectivity index (χ1) is 7.33. The van der Waals surface area contributed by atoms with Gasteiger partial charge in [-0.05, 0) is 37.9 Å². The Morgan fingerprint density at radius 1 is 1.47 bits per heavy atom. The van der Waals surface area contributed by atoms with Crippen LogP contribution in [0.3, 0.4) is 0 Å². The zero-order chi connectivity index (χ0) is 10.7. The summed E-state index contributed by atoms with van der Waals surface area (Å²) < 4.78 is 0. The summed E-state index contributed by atoms with van der Waals surface area (Å²) in [6.07, 6.45) is 3.52. The SMILES string of the molecule is CCc1ccc(CN2CCC[C@H]2CO)s1. The molecule has 0 aromatic carbocycles. The lowest BCUT2D eigenvalue weighted by Crippen LogP contribution is -2.31. The molecule has 0 saturated carbocycles. The van der Waals surface area contributed by atoms with Gasteiger partial charge < -0.3 is 5.11 Å². The zero-order valence-electron chi connectivity index (χ0n) is 9.28. The molecule has 1 aliphatic rings. The van der Waals surface area contributed by atoms with Gasteiger partial charge >= 0.3 is 0 Å². The van der Waals surface area contributed by atoms with Crippen molar-refractivity contribution < 1.29 is 5.11 Å². The second-order valence-electron chi connectivity index (χ2n) is 4.17. The Balaban J connectivity index is 1.95. The fraction of sp³-hybridized carbons (Fsp3) is 0.667. The highest BCUT2D eigenvalue weighted by molar-refractivity contribution is 7.11. The molecule has 0 radical (unpaired) electrons. The predicted molar refractivity (Wildman–Crippen MR) is 64.2 cm³/mol. The second kappa shape index (κ2) is 5.10. The maximum Gasteiger partial charge on any atom is 0.0587 e. The van der Waals surface area contributed by atoms with E-state index in [0.29, 0.717) is 12.6 Å². The van der Waals surface area contributed by atoms with E-state index < -0.39 is 0 Å². The van der Waals surface area contributed by atoms with E-state index in [1.165, 1.54) is 16.2 Å². The van der Waals surface area contributed by atoms with Crippen LogP contribution in [0, 0.1) is 0 Å². The maximum absolute atomic E-state index is 9.23. The van der Waals surface area contributed by atoms with E-state index in [-0.39, 0.29) is 0 Å². The van der Waals surface area contributed by atoms with Crippen LogP contribution in [0.5, 0.6) is 0 Å². The van der Waals surface area contributed by atoms with Gasteiger partial charge in [-0.2, -0.15) is 0 Å². The Labute approximate surface area is 95.5 Å². The van der Waals surface area contributed by atoms with Crippen molar-refractivity contribution in [3.05, 3.63) is 21.9 Å². The number of aliphatic hydroxyl groups is 1. The summed E-state index contributed by atoms with van der Waals surface area (Å²) in [6.45, 7) is 4.68. The minimum atomic E-state index is 0.312. The van der Waals surface area contributed by atoms with Crippen molar-refractivity contribution >= 4 is 11.3 Å². The number of likely N-dealkylation sites (tertiary alicyclic amines) is 1. The largest absolute Gasteiger partial charge is 0.395 e. The predicted octanol–water partition coefficient (Wildman–Crippen LogP) is 2.27. The van der Waals surface area contributed by atoms with Gasteiger partial charge in [0.05, 0.1) is 6.61 Å². The highest BCUT2D eigenvalue weighted by Gasteiger charge is 2.23. The lowest BCUT2D eigenvalue weighted by molar-refractivity contribution is 0.154. The van der Waals surface area contributed by atoms with E-state index in [0.717, 1.165) is 25.9 Å². The summed E-state index contributed by atoms with van der Waals surface area (Å²) >= 11 is 1.91. The van der Waals surface area contributed by atoms with Crippen LogP contribution in [0.25, 0.3) is 0 Å². The van der Waals surface area contributed by atoms with E-state index in [2.05, 4.69) is 24.0 Å². The van der Waals surface area contributed by atoms with Crippen LogP contribution in [0.15, 0.2) is 12.1 Å². The molecule has 0 amide bonds. The molecule has 1 atom stereocenters. The first-order valence-electron chi connectivity index (χ1n) is 5.76. The van der Waals surface area contributed by atoms with Crippen molar-refractivity contribution in [2.45, 2.75) is 38.8 Å². The van der Waals surface area contributed by atoms with Crippen molar-refractivity contribution in [1.82, 2.24) is 4.90 Å². The molecule has 1 saturated heterocycles. The van der Waals surface area contributed by atoms with E-state index in [9.17, 15) is 5.11 Å². The van der Waals surface area contributed by atoms with E-state index in [4.69, 9.17) is 0 Å². The van der Waals surface area contributed by atoms with Gasteiger partial charge in [0.1, 0.15) is 0 Å². The first kappa shape index (κ1) is 11.1. The zero-order valence-corrected chi connectivity index (χ0v) is 10.1. The number of hydrogen-bond acceptors (Lipinski definition) is 3. The van der Waals surface area contributed by atoms with Gasteiger partial charge in [0.25, 0.3) is 0 Å². The van der Waals surface area contributed by atoms with Crippen LogP contribution in [0.2, 0.25) is 0 Å². The molecular formula is C12H19NOS. The van der Waals surface area contributed by atoms with Crippen LogP contribution < -0.4 is 0 Å². The molecule has 0 spiro atoms. The molecule has 1 fully saturated rings. The van der Waals surface area contributed by atoms with Crippen molar-refractivity contribution in [1.29, 1.82) is 0 Å². The van der Waals surface area contributed by atoms with Crippen LogP contribution in [0.4, 0.5) is 0 Å². The molecule has 1 N–H and O–H groups in total. The van der Waals surface area contributed by atoms with Gasteiger partial charge in [-0.3, -0.25) is 4.90 Å². The second-order valence-corrected chi connectivity index (χ2v) is 5.42. The van der Waals surface area contributed by atoms with Crippen LogP contribution in [-0.4, -0.2) is 29.2 Å². The van der Waals surface area contributed by atoms with E-state index in [1.54, 1.807) is 0 Å². The summed E-state index contributed by atoms with van der Waals surface area (Å²) in [5.74, 6) is 0. The lowest BCUT2D eigenvalue weighted by Gasteiger charge is -2.21. The highest BCUT2D eigenvalue weighted by Crippen LogP contribution is 2.23. The van der Waals surface area contributed by atoms with Crippen LogP contribution in [0.1, 0.15) is 29.5 Å². The van der Waals surface area contributed by atoms with Crippen LogP contribution >= 0.6 is 11.3 Å². The summed E-state index contributed by atoms with van der Waals surface area (Å²) in [6, 6.07) is 4.86. The van der Waals surface area contributed by atoms with Gasteiger partial charge in [0, 0.05) is 22.3 Å². The smallest absolute Gasteiger partial charge is 0.0587 e. The number of aliphatic hydroxyl groups excluding tert-OH is 1. The normalized spacial score (nSPS) is 22.4. The summed E-state index contributed by atoms with van der Waals surface area (Å²) in [5, 5.41) is 9.23. The molecule has 0 aliphatic carbocycles. The van der Waals surface area contributed by atoms with Gasteiger partial charge in [-0.25, -0.2) is 0 Å². The molecule has 1 aromatic heterocycles. The van der Waals surface area contributed by atoms with E-state index >= 15 is 0 Å². The van der Waals surface area contributed by atoms with Crippen molar-refractivity contribution in [3.8, 4) is 0 Å². The Morgan fingerprint density at radius 3 is 2.93 bits per heavy atom. The molecule has 2 heterocycles. The van der Waals surface area contributed by atoms with E-state index in [1.807, 2.05) is 11.3 Å². The first-order valence-corrected chi connectivity index (χ1v) is 6.57. The molecule has 1 aromatic rings. The average Bonchev–Trinajstić information content (AvgIpc) is 2.87. The molecule has 15 heavy (non-hydrogen) atoms. The number of hydrogen-bond donors (Lipinski definition) is 1. The number of aryl methyl sites for hydroxylation is 1. The fourth-order valence-electron chi connectivity index (χ4n) is 2.21. The third-order valence-electron chi connectivity index (χ3n) is 3.13. The number of nitrogens with zero attached hydrogens (tertiary/aromatic N) is 1. The van der Waals surface area contributed by atoms with Gasteiger partial charge in [-0.1, -0.05) is 6.92 Å². The molecule has 1 aliphatic heterocycles. The average molecular weight is 225 g/mol. The Morgan fingerprint density at radius 2 is 2.27 bits per heavy atom. The molecule has 84 valence electrons. The molecule has 2 nitrogen and oxygen atoms in total. The van der Waals surface area contributed by atoms with Gasteiger partial charge in [0.2, 0.25) is 0 Å². The molecule has 0 bridgehead atoms. The van der Waals surface area contributed by atoms with Gasteiger partial charge in [0.15, 0.2) is 0 Å².